The number of ether oxygens (including phenoxy) is 2. The molecule has 4 fully saturated rings. The lowest BCUT2D eigenvalue weighted by atomic mass is 9.56. The van der Waals surface area contributed by atoms with E-state index >= 15 is 0 Å². The highest BCUT2D eigenvalue weighted by Gasteiger charge is 2.74. The Kier molecular flexibility index (Phi) is 2.69. The maximum Gasteiger partial charge on any atom is 0.320 e. The van der Waals surface area contributed by atoms with Crippen molar-refractivity contribution in [1.29, 1.82) is 0 Å². The van der Waals surface area contributed by atoms with E-state index in [1.165, 1.54) is 10.9 Å². The van der Waals surface area contributed by atoms with Gasteiger partial charge >= 0.3 is 5.97 Å². The third-order valence-electron chi connectivity index (χ3n) is 7.53. The Labute approximate surface area is 152 Å². The fraction of sp³-hybridized carbons (Fsp3) is 0.571. The first kappa shape index (κ1) is 15.1. The maximum absolute atomic E-state index is 13.4. The molecule has 0 spiro atoms. The lowest BCUT2D eigenvalue weighted by Gasteiger charge is -2.55. The average molecular weight is 352 g/mol. The number of hydrogen-bond donors (Lipinski definition) is 1. The van der Waals surface area contributed by atoms with Gasteiger partial charge in [-0.3, -0.25) is 9.69 Å². The van der Waals surface area contributed by atoms with Crippen molar-refractivity contribution in [2.24, 2.45) is 5.92 Å². The zero-order valence-corrected chi connectivity index (χ0v) is 15.3. The van der Waals surface area contributed by atoms with E-state index in [1.54, 1.807) is 7.11 Å². The molecule has 5 bridgehead atoms. The number of rotatable bonds is 2. The quantitative estimate of drug-likeness (QED) is 0.845. The predicted molar refractivity (Wildman–Crippen MR) is 97.4 cm³/mol. The zero-order valence-electron chi connectivity index (χ0n) is 15.3. The second-order valence-corrected chi connectivity index (χ2v) is 8.59. The van der Waals surface area contributed by atoms with Crippen LogP contribution in [0.2, 0.25) is 0 Å². The highest BCUT2D eigenvalue weighted by Crippen LogP contribution is 2.62. The number of fused-ring (bicyclic) bond motifs is 3. The summed E-state index contributed by atoms with van der Waals surface area (Å²) in [4.78, 5) is 19.6. The van der Waals surface area contributed by atoms with E-state index in [9.17, 15) is 4.79 Å². The molecular weight excluding hydrogens is 328 g/mol. The molecule has 136 valence electrons. The number of aromatic nitrogens is 1. The monoisotopic (exact) mass is 352 g/mol. The molecule has 26 heavy (non-hydrogen) atoms. The molecule has 0 amide bonds. The van der Waals surface area contributed by atoms with Crippen LogP contribution >= 0.6 is 0 Å². The lowest BCUT2D eigenvalue weighted by Crippen LogP contribution is -2.68. The van der Waals surface area contributed by atoms with Gasteiger partial charge in [-0.2, -0.15) is 0 Å². The normalized spacial score (nSPS) is 39.6. The standard InChI is InChI=1S/C21H24N2O3/c1-3-20-9-12-10-21(19(24)26-20)17-14(6-7-23(11-12)18(20)21)15-8-13(25-2)4-5-16(15)22-17/h4-5,8,12,18,22H,3,6-7,9-11H2,1-2H3. The first-order chi connectivity index (χ1) is 12.6. The molecule has 1 saturated carbocycles. The van der Waals surface area contributed by atoms with Gasteiger partial charge in [0, 0.05) is 29.7 Å². The summed E-state index contributed by atoms with van der Waals surface area (Å²) in [6.07, 6.45) is 3.83. The fourth-order valence-corrected chi connectivity index (χ4v) is 6.69. The molecule has 2 aromatic rings. The highest BCUT2D eigenvalue weighted by molar-refractivity contribution is 5.94. The molecule has 0 radical (unpaired) electrons. The van der Waals surface area contributed by atoms with E-state index in [0.717, 1.165) is 55.7 Å². The third-order valence-corrected chi connectivity index (χ3v) is 7.53. The number of carbonyl (C=O) groups is 1. The summed E-state index contributed by atoms with van der Waals surface area (Å²) >= 11 is 0. The van der Waals surface area contributed by atoms with E-state index in [4.69, 9.17) is 9.47 Å². The van der Waals surface area contributed by atoms with Crippen molar-refractivity contribution in [2.45, 2.75) is 49.7 Å². The van der Waals surface area contributed by atoms with Gasteiger partial charge in [0.1, 0.15) is 16.8 Å². The molecule has 3 saturated heterocycles. The van der Waals surface area contributed by atoms with Crippen molar-refractivity contribution in [3.8, 4) is 5.75 Å². The van der Waals surface area contributed by atoms with Gasteiger partial charge in [-0.25, -0.2) is 0 Å². The number of piperidine rings is 2. The first-order valence-electron chi connectivity index (χ1n) is 9.78. The molecule has 5 aliphatic rings. The number of methoxy groups -OCH3 is 1. The molecule has 1 aromatic heterocycles. The second kappa shape index (κ2) is 4.63. The van der Waals surface area contributed by atoms with E-state index in [1.807, 2.05) is 6.07 Å². The molecule has 5 atom stereocenters. The Morgan fingerprint density at radius 3 is 3.08 bits per heavy atom. The van der Waals surface area contributed by atoms with Crippen LogP contribution in [0.1, 0.15) is 37.4 Å². The summed E-state index contributed by atoms with van der Waals surface area (Å²) < 4.78 is 11.6. The smallest absolute Gasteiger partial charge is 0.320 e. The van der Waals surface area contributed by atoms with Crippen LogP contribution in [0.5, 0.6) is 5.75 Å². The van der Waals surface area contributed by atoms with Crippen LogP contribution in [-0.4, -0.2) is 47.7 Å². The van der Waals surface area contributed by atoms with Crippen molar-refractivity contribution >= 4 is 16.9 Å². The van der Waals surface area contributed by atoms with Crippen LogP contribution in [-0.2, 0) is 21.4 Å². The van der Waals surface area contributed by atoms with Crippen molar-refractivity contribution in [3.05, 3.63) is 29.5 Å². The molecule has 5 heterocycles. The van der Waals surface area contributed by atoms with Crippen molar-refractivity contribution in [3.63, 3.8) is 0 Å². The number of nitrogens with one attached hydrogen (secondary N) is 1. The molecule has 1 aromatic carbocycles. The Bertz CT molecular complexity index is 950. The van der Waals surface area contributed by atoms with E-state index in [0.29, 0.717) is 5.92 Å². The molecule has 1 aliphatic carbocycles. The van der Waals surface area contributed by atoms with E-state index in [-0.39, 0.29) is 17.6 Å². The molecule has 1 N–H and O–H groups in total. The Hall–Kier alpha value is -2.01. The van der Waals surface area contributed by atoms with Gasteiger partial charge < -0.3 is 14.5 Å². The van der Waals surface area contributed by atoms with Gasteiger partial charge in [0.2, 0.25) is 0 Å². The number of aromatic amines is 1. The minimum absolute atomic E-state index is 0.00165. The minimum atomic E-state index is -0.519. The zero-order chi connectivity index (χ0) is 17.7. The van der Waals surface area contributed by atoms with Gasteiger partial charge in [-0.1, -0.05) is 6.92 Å². The van der Waals surface area contributed by atoms with Crippen molar-refractivity contribution < 1.29 is 14.3 Å². The number of nitrogens with zero attached hydrogens (tertiary/aromatic N) is 1. The number of benzene rings is 1. The Morgan fingerprint density at radius 1 is 1.38 bits per heavy atom. The van der Waals surface area contributed by atoms with Crippen molar-refractivity contribution in [1.82, 2.24) is 9.88 Å². The highest BCUT2D eigenvalue weighted by atomic mass is 16.6. The topological polar surface area (TPSA) is 54.6 Å². The summed E-state index contributed by atoms with van der Waals surface area (Å²) in [5, 5.41) is 1.19. The first-order valence-corrected chi connectivity index (χ1v) is 9.78. The maximum atomic E-state index is 13.4. The van der Waals surface area contributed by atoms with Crippen LogP contribution in [0.3, 0.4) is 0 Å². The number of hydrogen-bond acceptors (Lipinski definition) is 4. The van der Waals surface area contributed by atoms with Gasteiger partial charge in [0.25, 0.3) is 0 Å². The summed E-state index contributed by atoms with van der Waals surface area (Å²) in [5.74, 6) is 1.40. The van der Waals surface area contributed by atoms with Gasteiger partial charge in [0.05, 0.1) is 13.2 Å². The van der Waals surface area contributed by atoms with Crippen LogP contribution in [0, 0.1) is 5.92 Å². The lowest BCUT2D eigenvalue weighted by molar-refractivity contribution is -0.153. The Balaban J connectivity index is 1.65. The molecular formula is C21H24N2O3. The second-order valence-electron chi connectivity index (χ2n) is 8.59. The SMILES string of the molecule is CCC12CC3CN4CCc5c([nH]c6ccc(OC)cc56)C(C3)(C(=O)O1)C42. The summed E-state index contributed by atoms with van der Waals surface area (Å²) in [6.45, 7) is 4.28. The number of carbonyl (C=O) groups excluding carboxylic acids is 1. The molecule has 4 aliphatic heterocycles. The van der Waals surface area contributed by atoms with E-state index < -0.39 is 5.41 Å². The number of H-pyrrole nitrogens is 1. The fourth-order valence-electron chi connectivity index (χ4n) is 6.69. The summed E-state index contributed by atoms with van der Waals surface area (Å²) in [5.41, 5.74) is 2.70. The van der Waals surface area contributed by atoms with Crippen LogP contribution in [0.15, 0.2) is 18.2 Å². The van der Waals surface area contributed by atoms with E-state index in [2.05, 4.69) is 28.9 Å². The van der Waals surface area contributed by atoms with Crippen molar-refractivity contribution in [2.75, 3.05) is 20.2 Å². The molecule has 5 heteroatoms. The van der Waals surface area contributed by atoms with Gasteiger partial charge in [-0.15, -0.1) is 0 Å². The largest absolute Gasteiger partial charge is 0.497 e. The van der Waals surface area contributed by atoms with Crippen LogP contribution in [0.4, 0.5) is 0 Å². The average Bonchev–Trinajstić information content (AvgIpc) is 3.08. The van der Waals surface area contributed by atoms with Crippen LogP contribution in [0.25, 0.3) is 10.9 Å². The van der Waals surface area contributed by atoms with Crippen LogP contribution < -0.4 is 4.74 Å². The Morgan fingerprint density at radius 2 is 2.27 bits per heavy atom. The van der Waals surface area contributed by atoms with Gasteiger partial charge in [0.15, 0.2) is 0 Å². The van der Waals surface area contributed by atoms with Gasteiger partial charge in [-0.05, 0) is 55.4 Å². The summed E-state index contributed by atoms with van der Waals surface area (Å²) in [7, 11) is 1.70. The summed E-state index contributed by atoms with van der Waals surface area (Å²) in [6, 6.07) is 6.34. The molecule has 7 rings (SSSR count). The molecule has 5 nitrogen and oxygen atoms in total. The predicted octanol–water partition coefficient (Wildman–Crippen LogP) is 2.77. The molecule has 5 unspecified atom stereocenters. The third kappa shape index (κ3) is 1.51. The minimum Gasteiger partial charge on any atom is -0.497 e. The number of esters is 1.